The van der Waals surface area contributed by atoms with Gasteiger partial charge in [-0.15, -0.1) is 0 Å². The number of pyridine rings is 1. The average molecular weight is 262 g/mol. The molecule has 0 saturated heterocycles. The fourth-order valence-corrected chi connectivity index (χ4v) is 2.49. The van der Waals surface area contributed by atoms with Crippen molar-refractivity contribution in [3.8, 4) is 0 Å². The molecule has 0 saturated carbocycles. The fourth-order valence-electron chi connectivity index (χ4n) is 2.49. The van der Waals surface area contributed by atoms with Crippen molar-refractivity contribution >= 4 is 11.7 Å². The largest absolute Gasteiger partial charge is 0.409 e. The molecular formula is C14H22N4O. The molecule has 5 heteroatoms. The van der Waals surface area contributed by atoms with E-state index in [1.807, 2.05) is 6.92 Å². The van der Waals surface area contributed by atoms with Gasteiger partial charge in [0.1, 0.15) is 11.7 Å². The average Bonchev–Trinajstić information content (AvgIpc) is 2.90. The summed E-state index contributed by atoms with van der Waals surface area (Å²) in [5, 5.41) is 11.8. The Morgan fingerprint density at radius 1 is 1.53 bits per heavy atom. The number of rotatable bonds is 5. The summed E-state index contributed by atoms with van der Waals surface area (Å²) in [5.41, 5.74) is 8.25. The van der Waals surface area contributed by atoms with Gasteiger partial charge in [-0.2, -0.15) is 0 Å². The van der Waals surface area contributed by atoms with Gasteiger partial charge in [0, 0.05) is 24.7 Å². The van der Waals surface area contributed by atoms with Gasteiger partial charge in [0.15, 0.2) is 0 Å². The van der Waals surface area contributed by atoms with Crippen LogP contribution in [0.15, 0.2) is 17.3 Å². The Hall–Kier alpha value is -1.78. The first-order valence-corrected chi connectivity index (χ1v) is 6.86. The first-order valence-electron chi connectivity index (χ1n) is 6.86. The summed E-state index contributed by atoms with van der Waals surface area (Å²) in [4.78, 5) is 6.91. The van der Waals surface area contributed by atoms with Crippen molar-refractivity contribution in [2.75, 3.05) is 18.0 Å². The molecule has 104 valence electrons. The fraction of sp³-hybridized carbons (Fsp3) is 0.571. The zero-order valence-electron chi connectivity index (χ0n) is 11.6. The highest BCUT2D eigenvalue weighted by atomic mass is 16.4. The molecule has 19 heavy (non-hydrogen) atoms. The Balaban J connectivity index is 2.13. The number of nitrogens with two attached hydrogens (primary N) is 1. The van der Waals surface area contributed by atoms with Crippen LogP contribution in [0.4, 0.5) is 5.82 Å². The van der Waals surface area contributed by atoms with Crippen molar-refractivity contribution in [1.82, 2.24) is 4.98 Å². The molecule has 1 heterocycles. The Morgan fingerprint density at radius 2 is 2.32 bits per heavy atom. The molecule has 1 aromatic rings. The minimum absolute atomic E-state index is 0.00000425. The molecule has 0 spiro atoms. The van der Waals surface area contributed by atoms with Crippen molar-refractivity contribution in [2.45, 2.75) is 33.1 Å². The maximum absolute atomic E-state index is 8.72. The van der Waals surface area contributed by atoms with Crippen LogP contribution in [0.25, 0.3) is 0 Å². The van der Waals surface area contributed by atoms with Crippen LogP contribution in [0, 0.1) is 5.92 Å². The van der Waals surface area contributed by atoms with E-state index in [9.17, 15) is 0 Å². The van der Waals surface area contributed by atoms with E-state index in [1.54, 1.807) is 0 Å². The van der Waals surface area contributed by atoms with Crippen molar-refractivity contribution in [3.05, 3.63) is 23.4 Å². The zero-order valence-corrected chi connectivity index (χ0v) is 11.6. The van der Waals surface area contributed by atoms with Gasteiger partial charge in [-0.1, -0.05) is 18.1 Å². The summed E-state index contributed by atoms with van der Waals surface area (Å²) in [6.45, 7) is 5.60. The first kappa shape index (κ1) is 13.6. The standard InChI is InChI=1S/C14H22N4O/c1-3-18(9-10(2)14(15)17-19)13-8-7-11-5-4-6-12(11)16-13/h7-8,10,19H,3-6,9H2,1-2H3,(H2,15,17). The quantitative estimate of drug-likeness (QED) is 0.367. The van der Waals surface area contributed by atoms with E-state index in [0.29, 0.717) is 6.54 Å². The summed E-state index contributed by atoms with van der Waals surface area (Å²) >= 11 is 0. The minimum Gasteiger partial charge on any atom is -0.409 e. The lowest BCUT2D eigenvalue weighted by Gasteiger charge is -2.25. The Morgan fingerprint density at radius 3 is 3.00 bits per heavy atom. The summed E-state index contributed by atoms with van der Waals surface area (Å²) in [7, 11) is 0. The van der Waals surface area contributed by atoms with E-state index in [2.05, 4.69) is 29.1 Å². The van der Waals surface area contributed by atoms with Crippen LogP contribution < -0.4 is 10.6 Å². The molecule has 1 atom stereocenters. The van der Waals surface area contributed by atoms with Crippen molar-refractivity contribution < 1.29 is 5.21 Å². The molecular weight excluding hydrogens is 240 g/mol. The Kier molecular flexibility index (Phi) is 4.24. The predicted molar refractivity (Wildman–Crippen MR) is 76.7 cm³/mol. The molecule has 1 aromatic heterocycles. The maximum atomic E-state index is 8.72. The molecule has 0 fully saturated rings. The minimum atomic E-state index is 0.00000425. The van der Waals surface area contributed by atoms with Gasteiger partial charge in [0.2, 0.25) is 0 Å². The summed E-state index contributed by atoms with van der Waals surface area (Å²) in [5.74, 6) is 1.25. The second-order valence-corrected chi connectivity index (χ2v) is 5.09. The molecule has 5 nitrogen and oxygen atoms in total. The number of nitrogens with zero attached hydrogens (tertiary/aromatic N) is 3. The zero-order chi connectivity index (χ0) is 13.8. The second kappa shape index (κ2) is 5.91. The number of amidine groups is 1. The molecule has 3 N–H and O–H groups in total. The summed E-state index contributed by atoms with van der Waals surface area (Å²) in [6, 6.07) is 4.26. The van der Waals surface area contributed by atoms with Crippen LogP contribution in [0.1, 0.15) is 31.5 Å². The smallest absolute Gasteiger partial charge is 0.143 e. The van der Waals surface area contributed by atoms with E-state index in [-0.39, 0.29) is 11.8 Å². The second-order valence-electron chi connectivity index (χ2n) is 5.09. The van der Waals surface area contributed by atoms with Gasteiger partial charge in [-0.25, -0.2) is 4.98 Å². The molecule has 2 rings (SSSR count). The molecule has 0 amide bonds. The number of hydrogen-bond donors (Lipinski definition) is 2. The van der Waals surface area contributed by atoms with Gasteiger partial charge >= 0.3 is 0 Å². The highest BCUT2D eigenvalue weighted by molar-refractivity contribution is 5.82. The van der Waals surface area contributed by atoms with E-state index in [4.69, 9.17) is 15.9 Å². The molecule has 0 radical (unpaired) electrons. The molecule has 1 unspecified atom stereocenters. The third-order valence-corrected chi connectivity index (χ3v) is 3.73. The third-order valence-electron chi connectivity index (χ3n) is 3.73. The third kappa shape index (κ3) is 2.97. The van der Waals surface area contributed by atoms with Crippen LogP contribution in [0.3, 0.4) is 0 Å². The lowest BCUT2D eigenvalue weighted by molar-refractivity contribution is 0.314. The summed E-state index contributed by atoms with van der Waals surface area (Å²) in [6.07, 6.45) is 3.43. The predicted octanol–water partition coefficient (Wildman–Crippen LogP) is 1.78. The number of oxime groups is 1. The number of aromatic nitrogens is 1. The van der Waals surface area contributed by atoms with E-state index in [1.165, 1.54) is 17.7 Å². The molecule has 1 aliphatic rings. The van der Waals surface area contributed by atoms with Crippen LogP contribution in [0.5, 0.6) is 0 Å². The van der Waals surface area contributed by atoms with E-state index < -0.39 is 0 Å². The van der Waals surface area contributed by atoms with Crippen LogP contribution in [-0.4, -0.2) is 29.1 Å². The number of anilines is 1. The van der Waals surface area contributed by atoms with Crippen molar-refractivity contribution in [2.24, 2.45) is 16.8 Å². The van der Waals surface area contributed by atoms with Crippen LogP contribution in [0.2, 0.25) is 0 Å². The van der Waals surface area contributed by atoms with Gasteiger partial charge in [-0.05, 0) is 37.8 Å². The van der Waals surface area contributed by atoms with Gasteiger partial charge in [-0.3, -0.25) is 0 Å². The molecule has 1 aliphatic carbocycles. The van der Waals surface area contributed by atoms with Gasteiger partial charge in [0.25, 0.3) is 0 Å². The maximum Gasteiger partial charge on any atom is 0.143 e. The lowest BCUT2D eigenvalue weighted by Crippen LogP contribution is -2.35. The van der Waals surface area contributed by atoms with Crippen molar-refractivity contribution in [1.29, 1.82) is 0 Å². The van der Waals surface area contributed by atoms with Gasteiger partial charge < -0.3 is 15.8 Å². The molecule has 0 aliphatic heterocycles. The topological polar surface area (TPSA) is 74.7 Å². The lowest BCUT2D eigenvalue weighted by atomic mass is 10.1. The van der Waals surface area contributed by atoms with Crippen molar-refractivity contribution in [3.63, 3.8) is 0 Å². The molecule has 0 aromatic carbocycles. The number of aryl methyl sites for hydroxylation is 2. The highest BCUT2D eigenvalue weighted by Crippen LogP contribution is 2.23. The molecule has 0 bridgehead atoms. The highest BCUT2D eigenvalue weighted by Gasteiger charge is 2.17. The van der Waals surface area contributed by atoms with E-state index in [0.717, 1.165) is 25.2 Å². The number of hydrogen-bond acceptors (Lipinski definition) is 4. The SMILES string of the molecule is CCN(CC(C)/C(N)=N/O)c1ccc2c(n1)CCC2. The van der Waals surface area contributed by atoms with E-state index >= 15 is 0 Å². The normalized spacial score (nSPS) is 16.2. The Labute approximate surface area is 114 Å². The summed E-state index contributed by atoms with van der Waals surface area (Å²) < 4.78 is 0. The first-order chi connectivity index (χ1) is 9.15. The van der Waals surface area contributed by atoms with Gasteiger partial charge in [0.05, 0.1) is 0 Å². The van der Waals surface area contributed by atoms with Crippen LogP contribution >= 0.6 is 0 Å². The Bertz CT molecular complexity index is 473. The number of fused-ring (bicyclic) bond motifs is 1. The monoisotopic (exact) mass is 262 g/mol. The van der Waals surface area contributed by atoms with Crippen LogP contribution in [-0.2, 0) is 12.8 Å².